The van der Waals surface area contributed by atoms with Crippen LogP contribution in [0.4, 0.5) is 5.82 Å². The van der Waals surface area contributed by atoms with Gasteiger partial charge in [-0.3, -0.25) is 22.7 Å². The fraction of sp³-hybridized carbons (Fsp3) is 0.304. The Bertz CT molecular complexity index is 1360. The van der Waals surface area contributed by atoms with Crippen LogP contribution < -0.4 is 17.6 Å². The van der Waals surface area contributed by atoms with Crippen molar-refractivity contribution in [3.63, 3.8) is 0 Å². The van der Waals surface area contributed by atoms with Crippen molar-refractivity contribution in [3.8, 4) is 0 Å². The van der Waals surface area contributed by atoms with Gasteiger partial charge >= 0.3 is 21.3 Å². The molecule has 0 saturated carbocycles. The van der Waals surface area contributed by atoms with Gasteiger partial charge in [-0.15, -0.1) is 0 Å². The number of hydrogen-bond acceptors (Lipinski definition) is 11. The number of nitrogens with zero attached hydrogens (tertiary/aromatic N) is 2. The lowest BCUT2D eigenvalue weighted by atomic mass is 10.2. The van der Waals surface area contributed by atoms with Gasteiger partial charge in [0.15, 0.2) is 0 Å². The number of ether oxygens (including phenoxy) is 1. The molecule has 0 radical (unpaired) electrons. The zero-order valence-corrected chi connectivity index (χ0v) is 22.5. The number of anilines is 1. The highest BCUT2D eigenvalue weighted by Crippen LogP contribution is 2.50. The third-order valence-electron chi connectivity index (χ3n) is 5.49. The minimum absolute atomic E-state index is 0. The number of nitrogen functional groups attached to an aromatic ring is 1. The minimum atomic E-state index is -4.62. The monoisotopic (exact) mass is 584 g/mol. The van der Waals surface area contributed by atoms with E-state index in [-0.39, 0.29) is 31.6 Å². The van der Waals surface area contributed by atoms with Crippen molar-refractivity contribution in [3.05, 3.63) is 94.5 Å². The van der Waals surface area contributed by atoms with Gasteiger partial charge in [-0.1, -0.05) is 60.7 Å². The first-order chi connectivity index (χ1) is 18.1. The molecular formula is C23H30N4O10P2. The van der Waals surface area contributed by atoms with Crippen LogP contribution in [-0.4, -0.2) is 38.2 Å². The molecule has 1 fully saturated rings. The first kappa shape index (κ1) is 30.8. The third kappa shape index (κ3) is 9.16. The van der Waals surface area contributed by atoms with Gasteiger partial charge in [-0.25, -0.2) is 13.9 Å². The molecule has 2 unspecified atom stereocenters. The second-order valence-electron chi connectivity index (χ2n) is 8.30. The summed E-state index contributed by atoms with van der Waals surface area (Å²) in [6, 6.07) is 18.8. The minimum Gasteiger partial charge on any atom is -0.383 e. The Morgan fingerprint density at radius 2 is 1.49 bits per heavy atom. The molecule has 14 nitrogen and oxygen atoms in total. The molecule has 1 aliphatic heterocycles. The fourth-order valence-electron chi connectivity index (χ4n) is 3.64. The smallest absolute Gasteiger partial charge is 0.383 e. The van der Waals surface area contributed by atoms with E-state index in [1.54, 1.807) is 60.7 Å². The number of nitrogens with two attached hydrogens (primary N) is 1. The summed E-state index contributed by atoms with van der Waals surface area (Å²) in [5, 5.41) is 0. The van der Waals surface area contributed by atoms with Crippen molar-refractivity contribution in [1.82, 2.24) is 15.7 Å². The number of benzene rings is 2. The van der Waals surface area contributed by atoms with Crippen LogP contribution in [0.3, 0.4) is 0 Å². The summed E-state index contributed by atoms with van der Waals surface area (Å²) in [7, 11) is -9.17. The molecule has 1 aliphatic rings. The van der Waals surface area contributed by atoms with Crippen molar-refractivity contribution in [1.29, 1.82) is 0 Å². The maximum absolute atomic E-state index is 12.7. The first-order valence-electron chi connectivity index (χ1n) is 11.5. The highest BCUT2D eigenvalue weighted by molar-refractivity contribution is 7.47. The Kier molecular flexibility index (Phi) is 10.7. The van der Waals surface area contributed by atoms with Crippen LogP contribution in [0.25, 0.3) is 0 Å². The predicted molar refractivity (Wildman–Crippen MR) is 139 cm³/mol. The molecule has 1 saturated heterocycles. The van der Waals surface area contributed by atoms with Crippen molar-refractivity contribution in [2.24, 2.45) is 0 Å². The molecule has 3 aromatic rings. The SMILES string of the molecule is N.Nc1ccn([C@H]2C[C@H](OP(=O)(O)OCc3ccccc3)[C@@H](COP(=O)(O)OCc3ccccc3)O2)c(=O)n1. The van der Waals surface area contributed by atoms with Gasteiger partial charge in [0.1, 0.15) is 24.3 Å². The highest BCUT2D eigenvalue weighted by atomic mass is 31.2. The van der Waals surface area contributed by atoms with Crippen LogP contribution in [0.2, 0.25) is 0 Å². The molecule has 0 spiro atoms. The summed E-state index contributed by atoms with van der Waals surface area (Å²) in [4.78, 5) is 36.4. The quantitative estimate of drug-likeness (QED) is 0.225. The maximum Gasteiger partial charge on any atom is 0.472 e. The van der Waals surface area contributed by atoms with Gasteiger partial charge in [0.05, 0.1) is 19.8 Å². The van der Waals surface area contributed by atoms with E-state index in [1.807, 2.05) is 0 Å². The molecule has 0 aliphatic carbocycles. The molecule has 2 heterocycles. The molecule has 1 aromatic heterocycles. The predicted octanol–water partition coefficient (Wildman–Crippen LogP) is 3.31. The van der Waals surface area contributed by atoms with E-state index >= 15 is 0 Å². The summed E-state index contributed by atoms with van der Waals surface area (Å²) >= 11 is 0. The lowest BCUT2D eigenvalue weighted by molar-refractivity contribution is -0.0472. The van der Waals surface area contributed by atoms with Crippen LogP contribution in [0.1, 0.15) is 23.8 Å². The molecule has 5 atom stereocenters. The second kappa shape index (κ2) is 13.6. The Labute approximate surface area is 224 Å². The van der Waals surface area contributed by atoms with E-state index in [2.05, 4.69) is 4.98 Å². The molecule has 39 heavy (non-hydrogen) atoms. The Hall–Kier alpha value is -2.74. The Morgan fingerprint density at radius 3 is 2.05 bits per heavy atom. The van der Waals surface area contributed by atoms with E-state index in [9.17, 15) is 23.7 Å². The fourth-order valence-corrected chi connectivity index (χ4v) is 5.30. The standard InChI is InChI=1S/C23H27N3O10P2.H3N/c24-21-11-12-26(23(27)25-21)22-13-19(36-38(30,31)33-15-18-9-5-2-6-10-18)20(35-22)16-34-37(28,29)32-14-17-7-3-1-4-8-17;/h1-12,19-20,22H,13-16H2,(H,28,29)(H,30,31)(H2,24,25,27);1H3/t19-,20+,22+;/m0./s1. The molecule has 7 N–H and O–H groups in total. The normalized spacial score (nSPS) is 21.9. The van der Waals surface area contributed by atoms with Crippen molar-refractivity contribution in [2.45, 2.75) is 38.1 Å². The summed E-state index contributed by atoms with van der Waals surface area (Å²) < 4.78 is 52.6. The number of phosphoric acid groups is 2. The largest absolute Gasteiger partial charge is 0.472 e. The summed E-state index contributed by atoms with van der Waals surface area (Å²) in [6.07, 6.45) is -2.05. The van der Waals surface area contributed by atoms with Crippen LogP contribution in [0, 0.1) is 0 Å². The second-order valence-corrected chi connectivity index (χ2v) is 11.2. The van der Waals surface area contributed by atoms with E-state index in [0.717, 1.165) is 4.57 Å². The van der Waals surface area contributed by atoms with E-state index in [0.29, 0.717) is 11.1 Å². The van der Waals surface area contributed by atoms with Gasteiger partial charge in [0.2, 0.25) is 0 Å². The molecular weight excluding hydrogens is 554 g/mol. The van der Waals surface area contributed by atoms with Crippen LogP contribution in [-0.2, 0) is 45.2 Å². The van der Waals surface area contributed by atoms with E-state index in [4.69, 9.17) is 28.6 Å². The number of aromatic nitrogens is 2. The summed E-state index contributed by atoms with van der Waals surface area (Å²) in [5.74, 6) is 0.00267. The number of hydrogen-bond donors (Lipinski definition) is 4. The topological polar surface area (TPSA) is 217 Å². The first-order valence-corrected chi connectivity index (χ1v) is 14.4. The van der Waals surface area contributed by atoms with E-state index in [1.165, 1.54) is 12.3 Å². The summed E-state index contributed by atoms with van der Waals surface area (Å²) in [6.45, 7) is -0.943. The zero-order valence-electron chi connectivity index (χ0n) is 20.7. The molecule has 212 valence electrons. The van der Waals surface area contributed by atoms with Crippen LogP contribution in [0.5, 0.6) is 0 Å². The van der Waals surface area contributed by atoms with Gasteiger partial charge in [-0.2, -0.15) is 4.98 Å². The molecule has 16 heteroatoms. The maximum atomic E-state index is 12.7. The summed E-state index contributed by atoms with van der Waals surface area (Å²) in [5.41, 5.74) is 6.11. The lowest BCUT2D eigenvalue weighted by Crippen LogP contribution is -2.29. The Balaban J connectivity index is 0.00000420. The van der Waals surface area contributed by atoms with Gasteiger partial charge < -0.3 is 26.4 Å². The van der Waals surface area contributed by atoms with Crippen LogP contribution >= 0.6 is 15.6 Å². The molecule has 4 rings (SSSR count). The van der Waals surface area contributed by atoms with Crippen molar-refractivity contribution >= 4 is 21.5 Å². The number of phosphoric ester groups is 2. The average Bonchev–Trinajstić information content (AvgIpc) is 3.28. The van der Waals surface area contributed by atoms with E-state index < -0.39 is 46.4 Å². The van der Waals surface area contributed by atoms with Gasteiger partial charge in [0.25, 0.3) is 0 Å². The molecule has 0 amide bonds. The molecule has 0 bridgehead atoms. The lowest BCUT2D eigenvalue weighted by Gasteiger charge is -2.22. The average molecular weight is 584 g/mol. The Morgan fingerprint density at radius 1 is 0.923 bits per heavy atom. The van der Waals surface area contributed by atoms with Crippen molar-refractivity contribution < 1.29 is 41.7 Å². The number of rotatable bonds is 12. The highest BCUT2D eigenvalue weighted by Gasteiger charge is 2.43. The van der Waals surface area contributed by atoms with Crippen LogP contribution in [0.15, 0.2) is 77.7 Å². The van der Waals surface area contributed by atoms with Gasteiger partial charge in [-0.05, 0) is 17.2 Å². The third-order valence-corrected chi connectivity index (χ3v) is 7.41. The van der Waals surface area contributed by atoms with Crippen molar-refractivity contribution in [2.75, 3.05) is 12.3 Å². The zero-order chi connectivity index (χ0) is 27.2. The molecule has 2 aromatic carbocycles. The van der Waals surface area contributed by atoms with Gasteiger partial charge in [0, 0.05) is 12.6 Å².